The fourth-order valence-electron chi connectivity index (χ4n) is 8.54. The summed E-state index contributed by atoms with van der Waals surface area (Å²) in [5, 5.41) is 27.6. The van der Waals surface area contributed by atoms with Gasteiger partial charge in [-0.15, -0.1) is 20.5 Å². The van der Waals surface area contributed by atoms with Crippen molar-refractivity contribution in [3.63, 3.8) is 0 Å². The van der Waals surface area contributed by atoms with E-state index in [1.807, 2.05) is 55.4 Å². The Balaban J connectivity index is 1.16. The van der Waals surface area contributed by atoms with Gasteiger partial charge in [-0.2, -0.15) is 0 Å². The molecule has 40 heavy (non-hydrogen) atoms. The second kappa shape index (κ2) is 11.5. The van der Waals surface area contributed by atoms with Crippen LogP contribution in [0.5, 0.6) is 0 Å². The molecule has 2 aliphatic carbocycles. The second-order valence-corrected chi connectivity index (χ2v) is 15.8. The molecule has 228 valence electrons. The van der Waals surface area contributed by atoms with Crippen molar-refractivity contribution in [2.45, 2.75) is 142 Å². The first-order valence-corrected chi connectivity index (χ1v) is 15.7. The lowest BCUT2D eigenvalue weighted by Gasteiger charge is -2.37. The molecular weight excluding hydrogens is 508 g/mol. The molecule has 0 spiro atoms. The molecule has 0 amide bonds. The molecule has 8 nitrogen and oxygen atoms in total. The maximum atomic E-state index is 12.9. The molecule has 2 saturated heterocycles. The van der Waals surface area contributed by atoms with Crippen LogP contribution in [0.25, 0.3) is 0 Å². The van der Waals surface area contributed by atoms with E-state index in [0.717, 1.165) is 64.2 Å². The van der Waals surface area contributed by atoms with E-state index < -0.39 is 22.2 Å². The molecule has 2 aliphatic heterocycles. The average molecular weight is 563 g/mol. The number of nitrogens with zero attached hydrogens (tertiary/aromatic N) is 2. The Hall–Kier alpha value is -1.22. The number of carbonyl (C=O) groups excluding carboxylic acids is 2. The number of rotatable bonds is 7. The summed E-state index contributed by atoms with van der Waals surface area (Å²) in [5.74, 6) is 1.01. The van der Waals surface area contributed by atoms with Crippen molar-refractivity contribution in [2.24, 2.45) is 35.5 Å². The van der Waals surface area contributed by atoms with Gasteiger partial charge < -0.3 is 9.47 Å². The van der Waals surface area contributed by atoms with Gasteiger partial charge >= 0.3 is 11.9 Å². The molecule has 0 aromatic rings. The Bertz CT molecular complexity index is 840. The Kier molecular flexibility index (Phi) is 9.09. The van der Waals surface area contributed by atoms with Crippen LogP contribution in [0.4, 0.5) is 0 Å². The predicted octanol–water partition coefficient (Wildman–Crippen LogP) is 6.13. The minimum absolute atomic E-state index is 0.0417. The highest BCUT2D eigenvalue weighted by molar-refractivity contribution is 5.73. The number of hydroxylamine groups is 4. The van der Waals surface area contributed by atoms with Crippen molar-refractivity contribution in [1.29, 1.82) is 0 Å². The summed E-state index contributed by atoms with van der Waals surface area (Å²) in [6.07, 6.45) is 9.06. The maximum absolute atomic E-state index is 12.9. The van der Waals surface area contributed by atoms with E-state index in [1.165, 1.54) is 10.1 Å². The zero-order valence-corrected chi connectivity index (χ0v) is 26.3. The van der Waals surface area contributed by atoms with Gasteiger partial charge in [0.25, 0.3) is 0 Å². The number of ether oxygens (including phenoxy) is 2. The molecule has 2 unspecified atom stereocenters. The lowest BCUT2D eigenvalue weighted by atomic mass is 9.69. The molecule has 2 atom stereocenters. The average Bonchev–Trinajstić information content (AvgIpc) is 3.17. The molecular formula is C32H54N2O6. The van der Waals surface area contributed by atoms with Crippen LogP contribution in [0.1, 0.15) is 120 Å². The van der Waals surface area contributed by atoms with Crippen LogP contribution in [-0.4, -0.2) is 57.4 Å². The summed E-state index contributed by atoms with van der Waals surface area (Å²) in [5.41, 5.74) is -1.93. The highest BCUT2D eigenvalue weighted by atomic mass is 16.5. The van der Waals surface area contributed by atoms with Crippen LogP contribution in [-0.2, 0) is 29.5 Å². The second-order valence-electron chi connectivity index (χ2n) is 15.8. The Labute approximate surface area is 242 Å². The predicted molar refractivity (Wildman–Crippen MR) is 150 cm³/mol. The van der Waals surface area contributed by atoms with Crippen LogP contribution in [0.3, 0.4) is 0 Å². The van der Waals surface area contributed by atoms with Crippen molar-refractivity contribution >= 4 is 11.9 Å². The van der Waals surface area contributed by atoms with Crippen LogP contribution in [0, 0.1) is 35.5 Å². The molecule has 4 rings (SSSR count). The van der Waals surface area contributed by atoms with Gasteiger partial charge in [0.2, 0.25) is 0 Å². The minimum Gasteiger partial charge on any atom is -0.465 e. The summed E-state index contributed by atoms with van der Waals surface area (Å²) in [6.45, 7) is 16.3. The molecule has 2 saturated carbocycles. The molecule has 0 bridgehead atoms. The highest BCUT2D eigenvalue weighted by Gasteiger charge is 2.54. The van der Waals surface area contributed by atoms with E-state index in [9.17, 15) is 20.0 Å². The first kappa shape index (κ1) is 31.7. The lowest BCUT2D eigenvalue weighted by molar-refractivity contribution is -0.249. The van der Waals surface area contributed by atoms with Crippen molar-refractivity contribution < 1.29 is 29.5 Å². The van der Waals surface area contributed by atoms with Gasteiger partial charge in [0.05, 0.1) is 36.1 Å². The largest absolute Gasteiger partial charge is 0.465 e. The summed E-state index contributed by atoms with van der Waals surface area (Å²) >= 11 is 0. The number of esters is 2. The lowest BCUT2D eigenvalue weighted by Crippen LogP contribution is -2.47. The zero-order valence-electron chi connectivity index (χ0n) is 26.3. The van der Waals surface area contributed by atoms with E-state index in [-0.39, 0.29) is 35.6 Å². The topological polar surface area (TPSA) is 98.9 Å². The number of hydrogen-bond acceptors (Lipinski definition) is 6. The van der Waals surface area contributed by atoms with Gasteiger partial charge in [-0.1, -0.05) is 0 Å². The van der Waals surface area contributed by atoms with E-state index in [4.69, 9.17) is 9.47 Å². The maximum Gasteiger partial charge on any atom is 0.308 e. The molecule has 2 radical (unpaired) electrons. The molecule has 8 heteroatoms. The normalized spacial score (nSPS) is 37.2. The Morgan fingerprint density at radius 2 is 0.875 bits per heavy atom. The third-order valence-corrected chi connectivity index (χ3v) is 11.4. The monoisotopic (exact) mass is 562 g/mol. The SMILES string of the molecule is CC1(C)CC(COC(=O)C2CCC(C3CCC(C(=O)OCC4CC(C)(C)N([O])C4(C)C)CC3)CC2)C(C)(C)N1[O]. The van der Waals surface area contributed by atoms with Crippen molar-refractivity contribution in [1.82, 2.24) is 10.1 Å². The van der Waals surface area contributed by atoms with Gasteiger partial charge in [0, 0.05) is 22.9 Å². The quantitative estimate of drug-likeness (QED) is 0.346. The summed E-state index contributed by atoms with van der Waals surface area (Å²) in [4.78, 5) is 25.7. The number of carbonyl (C=O) groups is 2. The summed E-state index contributed by atoms with van der Waals surface area (Å²) in [7, 11) is 0. The highest BCUT2D eigenvalue weighted by Crippen LogP contribution is 2.46. The van der Waals surface area contributed by atoms with Gasteiger partial charge in [-0.3, -0.25) is 9.59 Å². The summed E-state index contributed by atoms with van der Waals surface area (Å²) < 4.78 is 11.6. The van der Waals surface area contributed by atoms with Crippen molar-refractivity contribution in [3.05, 3.63) is 0 Å². The van der Waals surface area contributed by atoms with Gasteiger partial charge in [-0.25, -0.2) is 0 Å². The minimum atomic E-state index is -0.533. The van der Waals surface area contributed by atoms with E-state index in [2.05, 4.69) is 0 Å². The van der Waals surface area contributed by atoms with Crippen LogP contribution < -0.4 is 0 Å². The third kappa shape index (κ3) is 6.25. The van der Waals surface area contributed by atoms with E-state index in [0.29, 0.717) is 25.0 Å². The van der Waals surface area contributed by atoms with Gasteiger partial charge in [0.1, 0.15) is 0 Å². The first-order valence-electron chi connectivity index (χ1n) is 15.7. The molecule has 0 N–H and O–H groups in total. The fraction of sp³-hybridized carbons (Fsp3) is 0.938. The standard InChI is InChI=1S/C32H54N2O6/c1-29(2)17-25(31(5,6)33(29)37)19-39-27(35)23-13-9-21(10-14-23)22-11-15-24(16-12-22)28(36)40-20-26-18-30(3,4)34(38)32(26,7)8/h21-26H,9-20H2,1-8H3. The van der Waals surface area contributed by atoms with Crippen molar-refractivity contribution in [3.8, 4) is 0 Å². The van der Waals surface area contributed by atoms with Crippen LogP contribution in [0.15, 0.2) is 0 Å². The smallest absolute Gasteiger partial charge is 0.308 e. The molecule has 4 aliphatic rings. The fourth-order valence-corrected chi connectivity index (χ4v) is 8.54. The van der Waals surface area contributed by atoms with E-state index in [1.54, 1.807) is 0 Å². The van der Waals surface area contributed by atoms with Gasteiger partial charge in [-0.05, 0) is 131 Å². The molecule has 0 aromatic heterocycles. The van der Waals surface area contributed by atoms with Crippen LogP contribution in [0.2, 0.25) is 0 Å². The van der Waals surface area contributed by atoms with Gasteiger partial charge in [0.15, 0.2) is 0 Å². The molecule has 4 fully saturated rings. The molecule has 0 aromatic carbocycles. The molecule has 2 heterocycles. The zero-order chi connectivity index (χ0) is 29.7. The third-order valence-electron chi connectivity index (χ3n) is 11.4. The Morgan fingerprint density at radius 3 is 1.12 bits per heavy atom. The van der Waals surface area contributed by atoms with Crippen LogP contribution >= 0.6 is 0 Å². The first-order chi connectivity index (χ1) is 18.5. The number of hydrogen-bond donors (Lipinski definition) is 0. The summed E-state index contributed by atoms with van der Waals surface area (Å²) in [6, 6.07) is 0. The van der Waals surface area contributed by atoms with E-state index >= 15 is 0 Å². The Morgan fingerprint density at radius 1 is 0.575 bits per heavy atom. The van der Waals surface area contributed by atoms with Crippen molar-refractivity contribution in [2.75, 3.05) is 13.2 Å².